The van der Waals surface area contributed by atoms with Crippen LogP contribution in [0.2, 0.25) is 0 Å². The summed E-state index contributed by atoms with van der Waals surface area (Å²) in [6, 6.07) is 2.45. The van der Waals surface area contributed by atoms with Gasteiger partial charge in [0, 0.05) is 10.0 Å². The van der Waals surface area contributed by atoms with Gasteiger partial charge in [-0.2, -0.15) is 4.72 Å². The molecule has 116 valence electrons. The van der Waals surface area contributed by atoms with Crippen molar-refractivity contribution < 1.29 is 23.1 Å². The van der Waals surface area contributed by atoms with E-state index < -0.39 is 33.9 Å². The molecule has 9 heteroatoms. The first kappa shape index (κ1) is 17.6. The van der Waals surface area contributed by atoms with E-state index in [1.165, 1.54) is 12.1 Å². The lowest BCUT2D eigenvalue weighted by atomic mass is 10.1. The fourth-order valence-corrected chi connectivity index (χ4v) is 3.62. The molecule has 0 unspecified atom stereocenters. The van der Waals surface area contributed by atoms with E-state index in [-0.39, 0.29) is 10.5 Å². The second-order valence-electron chi connectivity index (χ2n) is 4.72. The van der Waals surface area contributed by atoms with E-state index in [2.05, 4.69) is 20.7 Å². The lowest BCUT2D eigenvalue weighted by Gasteiger charge is -2.18. The van der Waals surface area contributed by atoms with Crippen molar-refractivity contribution in [2.24, 2.45) is 11.7 Å². The maximum Gasteiger partial charge on any atom is 0.322 e. The Morgan fingerprint density at radius 1 is 1.29 bits per heavy atom. The number of nitrogens with two attached hydrogens (primary N) is 1. The number of benzene rings is 1. The summed E-state index contributed by atoms with van der Waals surface area (Å²) in [5, 5.41) is 9.04. The van der Waals surface area contributed by atoms with Gasteiger partial charge in [0.25, 0.3) is 0 Å². The van der Waals surface area contributed by atoms with Crippen LogP contribution < -0.4 is 10.5 Å². The third-order valence-electron chi connectivity index (χ3n) is 2.68. The summed E-state index contributed by atoms with van der Waals surface area (Å²) in [4.78, 5) is 22.0. The smallest absolute Gasteiger partial charge is 0.322 e. The minimum Gasteiger partial charge on any atom is -0.480 e. The minimum atomic E-state index is -4.10. The number of rotatable bonds is 6. The van der Waals surface area contributed by atoms with Crippen LogP contribution in [0.15, 0.2) is 27.6 Å². The van der Waals surface area contributed by atoms with E-state index in [9.17, 15) is 18.0 Å². The van der Waals surface area contributed by atoms with Crippen LogP contribution in [0.1, 0.15) is 24.2 Å². The maximum absolute atomic E-state index is 12.2. The SMILES string of the molecule is CC(C)[C@H](NS(=O)(=O)c1cc(Br)cc(C(N)=O)c1)C(=O)O. The number of aliphatic carboxylic acids is 1. The first-order valence-corrected chi connectivity index (χ1v) is 8.17. The topological polar surface area (TPSA) is 127 Å². The highest BCUT2D eigenvalue weighted by molar-refractivity contribution is 9.10. The molecule has 0 aromatic heterocycles. The molecule has 0 heterocycles. The second-order valence-corrected chi connectivity index (χ2v) is 7.35. The highest BCUT2D eigenvalue weighted by Crippen LogP contribution is 2.20. The third-order valence-corrected chi connectivity index (χ3v) is 4.56. The van der Waals surface area contributed by atoms with Gasteiger partial charge in [-0.1, -0.05) is 29.8 Å². The Morgan fingerprint density at radius 2 is 1.86 bits per heavy atom. The van der Waals surface area contributed by atoms with Crippen LogP contribution in [0.4, 0.5) is 0 Å². The molecule has 1 rings (SSSR count). The fraction of sp³-hybridized carbons (Fsp3) is 0.333. The van der Waals surface area contributed by atoms with Crippen LogP contribution in [-0.4, -0.2) is 31.4 Å². The van der Waals surface area contributed by atoms with Gasteiger partial charge >= 0.3 is 5.97 Å². The Kier molecular flexibility index (Phi) is 5.48. The summed E-state index contributed by atoms with van der Waals surface area (Å²) in [5.41, 5.74) is 5.12. The average molecular weight is 379 g/mol. The Morgan fingerprint density at radius 3 is 2.29 bits per heavy atom. The number of carboxylic acids is 1. The molecule has 0 radical (unpaired) electrons. The van der Waals surface area contributed by atoms with Crippen molar-refractivity contribution in [2.45, 2.75) is 24.8 Å². The molecule has 0 spiro atoms. The highest BCUT2D eigenvalue weighted by atomic mass is 79.9. The van der Waals surface area contributed by atoms with Gasteiger partial charge in [-0.3, -0.25) is 9.59 Å². The summed E-state index contributed by atoms with van der Waals surface area (Å²) < 4.78 is 26.9. The lowest BCUT2D eigenvalue weighted by molar-refractivity contribution is -0.140. The first-order valence-electron chi connectivity index (χ1n) is 5.90. The van der Waals surface area contributed by atoms with Crippen molar-refractivity contribution in [3.05, 3.63) is 28.2 Å². The zero-order chi connectivity index (χ0) is 16.4. The molecular formula is C12H15BrN2O5S. The van der Waals surface area contributed by atoms with Crippen molar-refractivity contribution in [1.29, 1.82) is 0 Å². The van der Waals surface area contributed by atoms with E-state index in [1.807, 2.05) is 0 Å². The van der Waals surface area contributed by atoms with E-state index in [0.717, 1.165) is 6.07 Å². The summed E-state index contributed by atoms with van der Waals surface area (Å²) in [7, 11) is -4.10. The number of carboxylic acid groups (broad SMARTS) is 1. The molecule has 0 aliphatic heterocycles. The van der Waals surface area contributed by atoms with Crippen LogP contribution in [0.5, 0.6) is 0 Å². The molecule has 0 saturated heterocycles. The molecular weight excluding hydrogens is 364 g/mol. The van der Waals surface area contributed by atoms with Gasteiger partial charge in [0.05, 0.1) is 4.90 Å². The maximum atomic E-state index is 12.2. The number of nitrogens with one attached hydrogen (secondary N) is 1. The summed E-state index contributed by atoms with van der Waals surface area (Å²) in [6.07, 6.45) is 0. The Balaban J connectivity index is 3.25. The van der Waals surface area contributed by atoms with Crippen molar-refractivity contribution in [1.82, 2.24) is 4.72 Å². The first-order chi connectivity index (χ1) is 9.54. The molecule has 1 aromatic carbocycles. The molecule has 1 aromatic rings. The number of amides is 1. The van der Waals surface area contributed by atoms with E-state index in [0.29, 0.717) is 4.47 Å². The Labute approximate surface area is 130 Å². The van der Waals surface area contributed by atoms with Crippen molar-refractivity contribution in [2.75, 3.05) is 0 Å². The molecule has 0 bridgehead atoms. The molecule has 1 atom stereocenters. The standard InChI is InChI=1S/C12H15BrN2O5S/c1-6(2)10(12(17)18)15-21(19,20)9-4-7(11(14)16)3-8(13)5-9/h3-6,10,15H,1-2H3,(H2,14,16)(H,17,18)/t10-/m0/s1. The van der Waals surface area contributed by atoms with Gasteiger partial charge in [-0.05, 0) is 24.1 Å². The second kappa shape index (κ2) is 6.54. The van der Waals surface area contributed by atoms with Gasteiger partial charge in [0.2, 0.25) is 15.9 Å². The number of carbonyl (C=O) groups is 2. The van der Waals surface area contributed by atoms with Gasteiger partial charge in [-0.25, -0.2) is 8.42 Å². The van der Waals surface area contributed by atoms with Crippen molar-refractivity contribution in [3.63, 3.8) is 0 Å². The van der Waals surface area contributed by atoms with Gasteiger partial charge < -0.3 is 10.8 Å². The number of primary amides is 1. The molecule has 4 N–H and O–H groups in total. The van der Waals surface area contributed by atoms with Crippen LogP contribution >= 0.6 is 15.9 Å². The van der Waals surface area contributed by atoms with Crippen molar-refractivity contribution in [3.8, 4) is 0 Å². The van der Waals surface area contributed by atoms with E-state index in [4.69, 9.17) is 10.8 Å². The zero-order valence-electron chi connectivity index (χ0n) is 11.3. The van der Waals surface area contributed by atoms with Gasteiger partial charge in [0.15, 0.2) is 0 Å². The van der Waals surface area contributed by atoms with Gasteiger partial charge in [0.1, 0.15) is 6.04 Å². The number of halogens is 1. The quantitative estimate of drug-likeness (QED) is 0.678. The van der Waals surface area contributed by atoms with Crippen LogP contribution in [0.3, 0.4) is 0 Å². The zero-order valence-corrected chi connectivity index (χ0v) is 13.7. The Bertz CT molecular complexity index is 672. The Hall–Kier alpha value is -1.45. The summed E-state index contributed by atoms with van der Waals surface area (Å²) in [6.45, 7) is 3.16. The molecule has 7 nitrogen and oxygen atoms in total. The number of sulfonamides is 1. The van der Waals surface area contributed by atoms with E-state index >= 15 is 0 Å². The third kappa shape index (κ3) is 4.51. The summed E-state index contributed by atoms with van der Waals surface area (Å²) >= 11 is 3.08. The molecule has 1 amide bonds. The average Bonchev–Trinajstić information content (AvgIpc) is 2.34. The number of carbonyl (C=O) groups excluding carboxylic acids is 1. The van der Waals surface area contributed by atoms with Crippen LogP contribution in [0.25, 0.3) is 0 Å². The van der Waals surface area contributed by atoms with Crippen molar-refractivity contribution >= 4 is 37.8 Å². The number of hydrogen-bond acceptors (Lipinski definition) is 4. The van der Waals surface area contributed by atoms with Gasteiger partial charge in [-0.15, -0.1) is 0 Å². The highest BCUT2D eigenvalue weighted by Gasteiger charge is 2.28. The predicted octanol–water partition coefficient (Wildman–Crippen LogP) is 0.936. The molecule has 21 heavy (non-hydrogen) atoms. The molecule has 0 fully saturated rings. The van der Waals surface area contributed by atoms with Crippen LogP contribution in [-0.2, 0) is 14.8 Å². The van der Waals surface area contributed by atoms with E-state index in [1.54, 1.807) is 13.8 Å². The normalized spacial score (nSPS) is 13.1. The van der Waals surface area contributed by atoms with Crippen LogP contribution in [0, 0.1) is 5.92 Å². The predicted molar refractivity (Wildman–Crippen MR) is 79.2 cm³/mol. The fourth-order valence-electron chi connectivity index (χ4n) is 1.57. The summed E-state index contributed by atoms with van der Waals surface area (Å²) in [5.74, 6) is -2.51. The lowest BCUT2D eigenvalue weighted by Crippen LogP contribution is -2.44. The molecule has 0 aliphatic rings. The largest absolute Gasteiger partial charge is 0.480 e. The molecule has 0 saturated carbocycles. The monoisotopic (exact) mass is 378 g/mol. The molecule has 0 aliphatic carbocycles. The minimum absolute atomic E-state index is 0.00109. The number of hydrogen-bond donors (Lipinski definition) is 3.